The first-order chi connectivity index (χ1) is 15.2. The molecule has 0 spiro atoms. The zero-order valence-electron chi connectivity index (χ0n) is 17.6. The van der Waals surface area contributed by atoms with E-state index in [2.05, 4.69) is 46.4 Å². The minimum absolute atomic E-state index is 0.303. The Morgan fingerprint density at radius 1 is 1.06 bits per heavy atom. The fourth-order valence-corrected chi connectivity index (χ4v) is 3.50. The molecular formula is C25H24N4O2. The first-order valence-corrected chi connectivity index (χ1v) is 10.3. The smallest absolute Gasteiger partial charge is 0.272 e. The number of furan rings is 1. The van der Waals surface area contributed by atoms with Crippen molar-refractivity contribution in [1.82, 2.24) is 10.4 Å². The number of anilines is 1. The van der Waals surface area contributed by atoms with E-state index in [4.69, 9.17) is 4.42 Å². The molecule has 6 nitrogen and oxygen atoms in total. The maximum absolute atomic E-state index is 12.9. The number of aromatic nitrogens is 1. The highest BCUT2D eigenvalue weighted by Gasteiger charge is 2.14. The van der Waals surface area contributed by atoms with Crippen LogP contribution < -0.4 is 10.3 Å². The van der Waals surface area contributed by atoms with Crippen molar-refractivity contribution in [3.63, 3.8) is 0 Å². The standard InChI is InChI=1S/C25H24N4O2/c1-3-29(4-2)19-13-11-18(12-14-19)17-26-28-25(30)21-16-23(24-10-7-15-31-24)27-22-9-6-5-8-20(21)22/h5-17H,3-4H2,1-2H3,(H,28,30)/b26-17-. The number of nitrogens with one attached hydrogen (secondary N) is 1. The minimum atomic E-state index is -0.303. The van der Waals surface area contributed by atoms with E-state index in [0.717, 1.165) is 29.6 Å². The number of nitrogens with zero attached hydrogens (tertiary/aromatic N) is 3. The van der Waals surface area contributed by atoms with Gasteiger partial charge in [0.1, 0.15) is 5.69 Å². The highest BCUT2D eigenvalue weighted by Crippen LogP contribution is 2.25. The van der Waals surface area contributed by atoms with Gasteiger partial charge in [-0.1, -0.05) is 30.3 Å². The van der Waals surface area contributed by atoms with E-state index in [9.17, 15) is 4.79 Å². The van der Waals surface area contributed by atoms with Gasteiger partial charge in [0.05, 0.1) is 23.6 Å². The summed E-state index contributed by atoms with van der Waals surface area (Å²) in [6.45, 7) is 6.18. The van der Waals surface area contributed by atoms with E-state index in [1.807, 2.05) is 42.5 Å². The molecule has 0 aliphatic heterocycles. The molecule has 6 heteroatoms. The van der Waals surface area contributed by atoms with Crippen LogP contribution in [-0.2, 0) is 0 Å². The Labute approximate surface area is 181 Å². The molecule has 2 aromatic heterocycles. The Morgan fingerprint density at radius 3 is 2.55 bits per heavy atom. The number of carbonyl (C=O) groups excluding carboxylic acids is 1. The van der Waals surface area contributed by atoms with Gasteiger partial charge in [0.25, 0.3) is 5.91 Å². The van der Waals surface area contributed by atoms with Crippen LogP contribution in [-0.4, -0.2) is 30.2 Å². The number of para-hydroxylation sites is 1. The van der Waals surface area contributed by atoms with E-state index in [0.29, 0.717) is 17.0 Å². The van der Waals surface area contributed by atoms with Crippen LogP contribution in [0.1, 0.15) is 29.8 Å². The molecule has 0 aliphatic rings. The summed E-state index contributed by atoms with van der Waals surface area (Å²) in [4.78, 5) is 19.8. The highest BCUT2D eigenvalue weighted by molar-refractivity contribution is 6.07. The van der Waals surface area contributed by atoms with Crippen molar-refractivity contribution < 1.29 is 9.21 Å². The number of rotatable bonds is 7. The maximum Gasteiger partial charge on any atom is 0.272 e. The highest BCUT2D eigenvalue weighted by atomic mass is 16.3. The van der Waals surface area contributed by atoms with E-state index < -0.39 is 0 Å². The second kappa shape index (κ2) is 9.26. The molecule has 2 heterocycles. The summed E-state index contributed by atoms with van der Waals surface area (Å²) in [6, 6.07) is 20.9. The van der Waals surface area contributed by atoms with Crippen LogP contribution in [0.15, 0.2) is 82.5 Å². The molecule has 0 radical (unpaired) electrons. The molecule has 0 unspecified atom stereocenters. The second-order valence-electron chi connectivity index (χ2n) is 7.01. The molecule has 4 aromatic rings. The van der Waals surface area contributed by atoms with Crippen LogP contribution in [0.25, 0.3) is 22.4 Å². The lowest BCUT2D eigenvalue weighted by Crippen LogP contribution is -2.21. The summed E-state index contributed by atoms with van der Waals surface area (Å²) >= 11 is 0. The number of hydrogen-bond donors (Lipinski definition) is 1. The van der Waals surface area contributed by atoms with Gasteiger partial charge < -0.3 is 9.32 Å². The number of carbonyl (C=O) groups is 1. The quantitative estimate of drug-likeness (QED) is 0.338. The molecular weight excluding hydrogens is 388 g/mol. The zero-order valence-corrected chi connectivity index (χ0v) is 17.6. The molecule has 0 bridgehead atoms. The largest absolute Gasteiger partial charge is 0.463 e. The van der Waals surface area contributed by atoms with Crippen LogP contribution >= 0.6 is 0 Å². The Kier molecular flexibility index (Phi) is 6.08. The lowest BCUT2D eigenvalue weighted by atomic mass is 10.1. The number of pyridine rings is 1. The van der Waals surface area contributed by atoms with Crippen LogP contribution in [0.4, 0.5) is 5.69 Å². The summed E-state index contributed by atoms with van der Waals surface area (Å²) < 4.78 is 5.46. The number of hydrazone groups is 1. The fraction of sp³-hybridized carbons (Fsp3) is 0.160. The second-order valence-corrected chi connectivity index (χ2v) is 7.01. The Bertz CT molecular complexity index is 1190. The predicted molar refractivity (Wildman–Crippen MR) is 125 cm³/mol. The summed E-state index contributed by atoms with van der Waals surface area (Å²) in [5, 5.41) is 4.91. The molecule has 1 amide bonds. The zero-order chi connectivity index (χ0) is 21.6. The van der Waals surface area contributed by atoms with Gasteiger partial charge in [0, 0.05) is 24.2 Å². The summed E-state index contributed by atoms with van der Waals surface area (Å²) in [5.41, 5.74) is 6.52. The molecule has 4 rings (SSSR count). The molecule has 1 N–H and O–H groups in total. The number of fused-ring (bicyclic) bond motifs is 1. The molecule has 31 heavy (non-hydrogen) atoms. The molecule has 0 saturated carbocycles. The summed E-state index contributed by atoms with van der Waals surface area (Å²) in [6.07, 6.45) is 3.22. The Balaban J connectivity index is 1.55. The predicted octanol–water partition coefficient (Wildman–Crippen LogP) is 5.10. The van der Waals surface area contributed by atoms with Crippen molar-refractivity contribution in [2.75, 3.05) is 18.0 Å². The first-order valence-electron chi connectivity index (χ1n) is 10.3. The van der Waals surface area contributed by atoms with Gasteiger partial charge in [-0.3, -0.25) is 4.79 Å². The third-order valence-corrected chi connectivity index (χ3v) is 5.14. The molecule has 156 valence electrons. The number of hydrogen-bond acceptors (Lipinski definition) is 5. The normalized spacial score (nSPS) is 11.2. The SMILES string of the molecule is CCN(CC)c1ccc(/C=N\NC(=O)c2cc(-c3ccco3)nc3ccccc23)cc1. The van der Waals surface area contributed by atoms with Crippen LogP contribution in [0.2, 0.25) is 0 Å². The third-order valence-electron chi connectivity index (χ3n) is 5.14. The molecule has 2 aromatic carbocycles. The van der Waals surface area contributed by atoms with Crippen LogP contribution in [0.5, 0.6) is 0 Å². The van der Waals surface area contributed by atoms with E-state index >= 15 is 0 Å². The monoisotopic (exact) mass is 412 g/mol. The van der Waals surface area contributed by atoms with Gasteiger partial charge >= 0.3 is 0 Å². The maximum atomic E-state index is 12.9. The third kappa shape index (κ3) is 4.48. The first kappa shape index (κ1) is 20.3. The van der Waals surface area contributed by atoms with Crippen LogP contribution in [0, 0.1) is 0 Å². The lowest BCUT2D eigenvalue weighted by Gasteiger charge is -2.20. The lowest BCUT2D eigenvalue weighted by molar-refractivity contribution is 0.0956. The van der Waals surface area contributed by atoms with Crippen molar-refractivity contribution in [3.8, 4) is 11.5 Å². The summed E-state index contributed by atoms with van der Waals surface area (Å²) in [5.74, 6) is 0.305. The molecule has 0 aliphatic carbocycles. The van der Waals surface area contributed by atoms with Gasteiger partial charge in [0.2, 0.25) is 0 Å². The van der Waals surface area contributed by atoms with Gasteiger partial charge in [-0.25, -0.2) is 10.4 Å². The van der Waals surface area contributed by atoms with Crippen molar-refractivity contribution in [1.29, 1.82) is 0 Å². The van der Waals surface area contributed by atoms with Crippen LogP contribution in [0.3, 0.4) is 0 Å². The van der Waals surface area contributed by atoms with E-state index in [1.165, 1.54) is 5.69 Å². The minimum Gasteiger partial charge on any atom is -0.463 e. The van der Waals surface area contributed by atoms with Gasteiger partial charge in [-0.05, 0) is 55.8 Å². The Morgan fingerprint density at radius 2 is 1.84 bits per heavy atom. The van der Waals surface area contributed by atoms with Crippen molar-refractivity contribution in [2.24, 2.45) is 5.10 Å². The van der Waals surface area contributed by atoms with E-state index in [-0.39, 0.29) is 5.91 Å². The molecule has 0 fully saturated rings. The van der Waals surface area contributed by atoms with Gasteiger partial charge in [0.15, 0.2) is 5.76 Å². The molecule has 0 atom stereocenters. The average molecular weight is 412 g/mol. The van der Waals surface area contributed by atoms with Gasteiger partial charge in [-0.2, -0.15) is 5.10 Å². The number of amides is 1. The van der Waals surface area contributed by atoms with Crippen molar-refractivity contribution in [3.05, 3.63) is 84.1 Å². The Hall–Kier alpha value is -3.93. The molecule has 0 saturated heterocycles. The summed E-state index contributed by atoms with van der Waals surface area (Å²) in [7, 11) is 0. The fourth-order valence-electron chi connectivity index (χ4n) is 3.50. The van der Waals surface area contributed by atoms with Gasteiger partial charge in [-0.15, -0.1) is 0 Å². The van der Waals surface area contributed by atoms with E-state index in [1.54, 1.807) is 24.6 Å². The average Bonchev–Trinajstić information content (AvgIpc) is 3.35. The number of benzene rings is 2. The topological polar surface area (TPSA) is 70.7 Å². The van der Waals surface area contributed by atoms with Crippen molar-refractivity contribution >= 4 is 28.7 Å². The van der Waals surface area contributed by atoms with Crippen molar-refractivity contribution in [2.45, 2.75) is 13.8 Å².